The van der Waals surface area contributed by atoms with Gasteiger partial charge in [0.25, 0.3) is 0 Å². The van der Waals surface area contributed by atoms with Gasteiger partial charge in [-0.3, -0.25) is 4.68 Å². The van der Waals surface area contributed by atoms with Crippen molar-refractivity contribution in [2.24, 2.45) is 0 Å². The lowest BCUT2D eigenvalue weighted by Gasteiger charge is -2.15. The molecule has 2 N–H and O–H groups in total. The third-order valence-electron chi connectivity index (χ3n) is 3.65. The second-order valence-corrected chi connectivity index (χ2v) is 5.84. The number of carboxylic acid groups (broad SMARTS) is 1. The van der Waals surface area contributed by atoms with Gasteiger partial charge in [-0.1, -0.05) is 41.9 Å². The summed E-state index contributed by atoms with van der Waals surface area (Å²) in [6.45, 7) is 4.23. The molecule has 134 valence electrons. The number of ether oxygens (including phenoxy) is 1. The van der Waals surface area contributed by atoms with Gasteiger partial charge < -0.3 is 15.2 Å². The highest BCUT2D eigenvalue weighted by molar-refractivity contribution is 6.31. The quantitative estimate of drug-likeness (QED) is 0.786. The average molecular weight is 366 g/mol. The number of aromatic nitrogens is 2. The van der Waals surface area contributed by atoms with E-state index in [2.05, 4.69) is 10.4 Å². The van der Waals surface area contributed by atoms with Crippen LogP contribution in [0.3, 0.4) is 0 Å². The lowest BCUT2D eigenvalue weighted by molar-refractivity contribution is -0.139. The minimum absolute atomic E-state index is 0.0171. The van der Waals surface area contributed by atoms with Gasteiger partial charge in [-0.15, -0.1) is 0 Å². The summed E-state index contributed by atoms with van der Waals surface area (Å²) in [5, 5.41) is 16.4. The molecule has 0 aliphatic rings. The van der Waals surface area contributed by atoms with E-state index in [4.69, 9.17) is 16.3 Å². The Kier molecular flexibility index (Phi) is 6.41. The molecule has 1 aromatic carbocycles. The summed E-state index contributed by atoms with van der Waals surface area (Å²) in [5.74, 6) is -1.17. The first kappa shape index (κ1) is 18.8. The van der Waals surface area contributed by atoms with Crippen molar-refractivity contribution in [3.63, 3.8) is 0 Å². The average Bonchev–Trinajstić information content (AvgIpc) is 2.87. The number of benzene rings is 1. The van der Waals surface area contributed by atoms with Crippen LogP contribution in [0.4, 0.5) is 4.79 Å². The topological polar surface area (TPSA) is 93.5 Å². The van der Waals surface area contributed by atoms with Crippen LogP contribution in [0.2, 0.25) is 5.02 Å². The highest BCUT2D eigenvalue weighted by Crippen LogP contribution is 2.21. The number of carbonyl (C=O) groups is 2. The Morgan fingerprint density at radius 1 is 1.36 bits per heavy atom. The zero-order valence-corrected chi connectivity index (χ0v) is 14.8. The number of alkyl carbamates (subject to hydrolysis) is 1. The monoisotopic (exact) mass is 365 g/mol. The number of nitrogens with zero attached hydrogens (tertiary/aromatic N) is 2. The molecular weight excluding hydrogens is 346 g/mol. The fraction of sp³-hybridized carbons (Fsp3) is 0.353. The Hall–Kier alpha value is -2.54. The fourth-order valence-corrected chi connectivity index (χ4v) is 2.58. The van der Waals surface area contributed by atoms with Crippen molar-refractivity contribution >= 4 is 23.7 Å². The van der Waals surface area contributed by atoms with Crippen LogP contribution < -0.4 is 5.32 Å². The molecule has 8 heteroatoms. The van der Waals surface area contributed by atoms with Gasteiger partial charge in [-0.05, 0) is 19.4 Å². The number of aliphatic carboxylic acids is 1. The van der Waals surface area contributed by atoms with Crippen molar-refractivity contribution in [3.8, 4) is 0 Å². The summed E-state index contributed by atoms with van der Waals surface area (Å²) in [7, 11) is 0. The highest BCUT2D eigenvalue weighted by Gasteiger charge is 2.25. The zero-order chi connectivity index (χ0) is 18.4. The Balaban J connectivity index is 2.01. The molecule has 0 saturated carbocycles. The molecule has 0 bridgehead atoms. The Labute approximate surface area is 150 Å². The lowest BCUT2D eigenvalue weighted by Crippen LogP contribution is -2.43. The van der Waals surface area contributed by atoms with E-state index in [0.717, 1.165) is 5.56 Å². The number of nitrogens with one attached hydrogen (secondary N) is 1. The summed E-state index contributed by atoms with van der Waals surface area (Å²) < 4.78 is 6.70. The second-order valence-electron chi connectivity index (χ2n) is 5.46. The first-order chi connectivity index (χ1) is 11.9. The Morgan fingerprint density at radius 3 is 2.64 bits per heavy atom. The summed E-state index contributed by atoms with van der Waals surface area (Å²) in [5.41, 5.74) is 2.00. The third-order valence-corrected chi connectivity index (χ3v) is 4.14. The van der Waals surface area contributed by atoms with Gasteiger partial charge in [0.15, 0.2) is 0 Å². The standard InChI is InChI=1S/C17H20ClN3O4/c1-3-21-14(15(18)11(2)20-21)9-13(16(22)23)19-17(24)25-10-12-7-5-4-6-8-12/h4-8,13H,3,9-10H2,1-2H3,(H,19,24)(H,22,23). The molecule has 7 nitrogen and oxygen atoms in total. The number of hydrogen-bond acceptors (Lipinski definition) is 4. The largest absolute Gasteiger partial charge is 0.480 e. The molecule has 0 saturated heterocycles. The smallest absolute Gasteiger partial charge is 0.408 e. The van der Waals surface area contributed by atoms with Gasteiger partial charge in [-0.25, -0.2) is 9.59 Å². The SMILES string of the molecule is CCn1nc(C)c(Cl)c1CC(NC(=O)OCc1ccccc1)C(=O)O. The van der Waals surface area contributed by atoms with E-state index in [9.17, 15) is 14.7 Å². The van der Waals surface area contributed by atoms with Crippen molar-refractivity contribution in [2.45, 2.75) is 39.5 Å². The minimum atomic E-state index is -1.17. The van der Waals surface area contributed by atoms with Crippen molar-refractivity contribution in [1.29, 1.82) is 0 Å². The molecule has 0 spiro atoms. The van der Waals surface area contributed by atoms with E-state index in [0.29, 0.717) is 23.0 Å². The van der Waals surface area contributed by atoms with Crippen molar-refractivity contribution in [1.82, 2.24) is 15.1 Å². The molecule has 0 aliphatic carbocycles. The Morgan fingerprint density at radius 2 is 2.04 bits per heavy atom. The van der Waals surface area contributed by atoms with Gasteiger partial charge in [0.05, 0.1) is 16.4 Å². The number of carboxylic acids is 1. The number of halogens is 1. The maximum Gasteiger partial charge on any atom is 0.408 e. The first-order valence-corrected chi connectivity index (χ1v) is 8.22. The first-order valence-electron chi connectivity index (χ1n) is 7.84. The minimum Gasteiger partial charge on any atom is -0.480 e. The maximum absolute atomic E-state index is 11.9. The summed E-state index contributed by atoms with van der Waals surface area (Å²) in [6.07, 6.45) is -0.782. The van der Waals surface area contributed by atoms with E-state index >= 15 is 0 Å². The molecular formula is C17H20ClN3O4. The van der Waals surface area contributed by atoms with Crippen molar-refractivity contribution in [2.75, 3.05) is 0 Å². The van der Waals surface area contributed by atoms with Crippen LogP contribution in [0.15, 0.2) is 30.3 Å². The van der Waals surface area contributed by atoms with Crippen LogP contribution in [0.25, 0.3) is 0 Å². The van der Waals surface area contributed by atoms with Crippen molar-refractivity contribution < 1.29 is 19.4 Å². The predicted molar refractivity (Wildman–Crippen MR) is 92.5 cm³/mol. The normalized spacial score (nSPS) is 11.8. The van der Waals surface area contributed by atoms with E-state index < -0.39 is 18.1 Å². The molecule has 0 aliphatic heterocycles. The maximum atomic E-state index is 11.9. The number of amides is 1. The molecule has 1 atom stereocenters. The molecule has 1 unspecified atom stereocenters. The summed E-state index contributed by atoms with van der Waals surface area (Å²) in [4.78, 5) is 23.4. The van der Waals surface area contributed by atoms with E-state index in [1.807, 2.05) is 37.3 Å². The molecule has 25 heavy (non-hydrogen) atoms. The predicted octanol–water partition coefficient (Wildman–Crippen LogP) is 2.79. The third kappa shape index (κ3) is 4.96. The van der Waals surface area contributed by atoms with Gasteiger partial charge >= 0.3 is 12.1 Å². The molecule has 1 aromatic heterocycles. The number of aryl methyl sites for hydroxylation is 2. The second kappa shape index (κ2) is 8.53. The molecule has 0 fully saturated rings. The van der Waals surface area contributed by atoms with Crippen molar-refractivity contribution in [3.05, 3.63) is 52.3 Å². The zero-order valence-electron chi connectivity index (χ0n) is 14.0. The van der Waals surface area contributed by atoms with Crippen LogP contribution in [0, 0.1) is 6.92 Å². The van der Waals surface area contributed by atoms with Crippen LogP contribution in [-0.2, 0) is 29.1 Å². The van der Waals surface area contributed by atoms with E-state index in [1.54, 1.807) is 11.6 Å². The number of rotatable bonds is 7. The van der Waals surface area contributed by atoms with Crippen LogP contribution >= 0.6 is 11.6 Å². The summed E-state index contributed by atoms with van der Waals surface area (Å²) in [6, 6.07) is 7.96. The van der Waals surface area contributed by atoms with Crippen LogP contribution in [-0.4, -0.2) is 33.0 Å². The van der Waals surface area contributed by atoms with Gasteiger partial charge in [0, 0.05) is 13.0 Å². The van der Waals surface area contributed by atoms with Gasteiger partial charge in [0.2, 0.25) is 0 Å². The lowest BCUT2D eigenvalue weighted by atomic mass is 10.1. The van der Waals surface area contributed by atoms with Crippen LogP contribution in [0.1, 0.15) is 23.9 Å². The van der Waals surface area contributed by atoms with Crippen LogP contribution in [0.5, 0.6) is 0 Å². The summed E-state index contributed by atoms with van der Waals surface area (Å²) >= 11 is 6.20. The Bertz CT molecular complexity index is 746. The van der Waals surface area contributed by atoms with Gasteiger partial charge in [0.1, 0.15) is 12.6 Å². The number of hydrogen-bond donors (Lipinski definition) is 2. The fourth-order valence-electron chi connectivity index (χ4n) is 2.36. The van der Waals surface area contributed by atoms with E-state index in [-0.39, 0.29) is 13.0 Å². The van der Waals surface area contributed by atoms with Gasteiger partial charge in [-0.2, -0.15) is 5.10 Å². The highest BCUT2D eigenvalue weighted by atomic mass is 35.5. The number of carbonyl (C=O) groups excluding carboxylic acids is 1. The molecule has 1 heterocycles. The molecule has 1 amide bonds. The molecule has 2 rings (SSSR count). The molecule has 2 aromatic rings. The molecule has 0 radical (unpaired) electrons. The van der Waals surface area contributed by atoms with E-state index in [1.165, 1.54) is 0 Å².